The van der Waals surface area contributed by atoms with Gasteiger partial charge in [-0.05, 0) is 43.7 Å². The van der Waals surface area contributed by atoms with Crippen LogP contribution in [0.4, 0.5) is 11.4 Å². The molecule has 3 rings (SSSR count). The van der Waals surface area contributed by atoms with E-state index in [-0.39, 0.29) is 5.91 Å². The minimum Gasteiger partial charge on any atom is -0.494 e. The van der Waals surface area contributed by atoms with E-state index in [2.05, 4.69) is 22.8 Å². The molecular formula is C20H25N3O4. The number of nitrogens with one attached hydrogen (secondary N) is 2. The van der Waals surface area contributed by atoms with Crippen molar-refractivity contribution in [1.29, 1.82) is 0 Å². The summed E-state index contributed by atoms with van der Waals surface area (Å²) in [5.41, 5.74) is 1.12. The molecule has 1 aliphatic carbocycles. The number of hydrogen-bond acceptors (Lipinski definition) is 4. The number of anilines is 2. The second-order valence-electron chi connectivity index (χ2n) is 6.85. The maximum atomic E-state index is 12.1. The highest BCUT2D eigenvalue weighted by Crippen LogP contribution is 2.33. The molecule has 1 aliphatic heterocycles. The topological polar surface area (TPSA) is 87.7 Å². The van der Waals surface area contributed by atoms with E-state index in [9.17, 15) is 14.4 Å². The lowest BCUT2D eigenvalue weighted by Gasteiger charge is -2.20. The summed E-state index contributed by atoms with van der Waals surface area (Å²) in [5, 5.41) is 5.28. The molecular weight excluding hydrogens is 346 g/mol. The lowest BCUT2D eigenvalue weighted by molar-refractivity contribution is -0.136. The summed E-state index contributed by atoms with van der Waals surface area (Å²) in [5.74, 6) is -0.445. The number of hydrogen-bond donors (Lipinski definition) is 2. The van der Waals surface area contributed by atoms with Gasteiger partial charge in [0.25, 0.3) is 0 Å². The Morgan fingerprint density at radius 3 is 2.78 bits per heavy atom. The van der Waals surface area contributed by atoms with E-state index >= 15 is 0 Å². The summed E-state index contributed by atoms with van der Waals surface area (Å²) in [6, 6.07) is 5.02. The average molecular weight is 371 g/mol. The third-order valence-corrected chi connectivity index (χ3v) is 4.94. The molecule has 2 N–H and O–H groups in total. The SMILES string of the molecule is COc1cc(NC(=O)C(=O)NCC2CC=CCC2)ccc1N1CCCC1=O. The van der Waals surface area contributed by atoms with Crippen molar-refractivity contribution >= 4 is 29.1 Å². The predicted molar refractivity (Wildman–Crippen MR) is 103 cm³/mol. The van der Waals surface area contributed by atoms with Crippen molar-refractivity contribution in [2.45, 2.75) is 32.1 Å². The molecule has 1 fully saturated rings. The Labute approximate surface area is 158 Å². The molecule has 1 unspecified atom stereocenters. The van der Waals surface area contributed by atoms with E-state index in [1.54, 1.807) is 23.1 Å². The van der Waals surface area contributed by atoms with Crippen LogP contribution in [0.5, 0.6) is 5.75 Å². The van der Waals surface area contributed by atoms with Crippen molar-refractivity contribution in [3.8, 4) is 5.75 Å². The normalized spacial score (nSPS) is 19.1. The van der Waals surface area contributed by atoms with Gasteiger partial charge in [0.05, 0.1) is 12.8 Å². The number of carbonyl (C=O) groups excluding carboxylic acids is 3. The standard InChI is InChI=1S/C20H25N3O4/c1-27-17-12-15(9-10-16(17)23-11-5-8-18(23)24)22-20(26)19(25)21-13-14-6-3-2-4-7-14/h2-3,9-10,12,14H,4-8,11,13H2,1H3,(H,21,25)(H,22,26). The average Bonchev–Trinajstić information content (AvgIpc) is 3.12. The summed E-state index contributed by atoms with van der Waals surface area (Å²) < 4.78 is 5.36. The summed E-state index contributed by atoms with van der Waals surface area (Å²) in [4.78, 5) is 37.8. The Bertz CT molecular complexity index is 760. The van der Waals surface area contributed by atoms with Gasteiger partial charge in [0.1, 0.15) is 5.75 Å². The quantitative estimate of drug-likeness (QED) is 0.614. The van der Waals surface area contributed by atoms with Crippen LogP contribution in [0.3, 0.4) is 0 Å². The molecule has 7 nitrogen and oxygen atoms in total. The van der Waals surface area contributed by atoms with Crippen LogP contribution in [0.2, 0.25) is 0 Å². The first-order valence-electron chi connectivity index (χ1n) is 9.31. The monoisotopic (exact) mass is 371 g/mol. The Kier molecular flexibility index (Phi) is 6.11. The van der Waals surface area contributed by atoms with Crippen molar-refractivity contribution in [3.05, 3.63) is 30.4 Å². The Morgan fingerprint density at radius 2 is 2.11 bits per heavy atom. The van der Waals surface area contributed by atoms with Gasteiger partial charge in [0, 0.05) is 31.3 Å². The summed E-state index contributed by atoms with van der Waals surface area (Å²) >= 11 is 0. The third-order valence-electron chi connectivity index (χ3n) is 4.94. The fourth-order valence-corrected chi connectivity index (χ4v) is 3.43. The van der Waals surface area contributed by atoms with E-state index < -0.39 is 11.8 Å². The second kappa shape index (κ2) is 8.70. The van der Waals surface area contributed by atoms with E-state index in [0.29, 0.717) is 42.6 Å². The first-order chi connectivity index (χ1) is 13.1. The van der Waals surface area contributed by atoms with E-state index in [0.717, 1.165) is 25.7 Å². The molecule has 2 aliphatic rings. The van der Waals surface area contributed by atoms with Gasteiger partial charge in [-0.1, -0.05) is 12.2 Å². The van der Waals surface area contributed by atoms with Crippen LogP contribution in [-0.4, -0.2) is 37.9 Å². The van der Waals surface area contributed by atoms with Crippen LogP contribution in [0, 0.1) is 5.92 Å². The number of ether oxygens (including phenoxy) is 1. The lowest BCUT2D eigenvalue weighted by atomic mass is 9.94. The Morgan fingerprint density at radius 1 is 1.26 bits per heavy atom. The van der Waals surface area contributed by atoms with Crippen molar-refractivity contribution in [3.63, 3.8) is 0 Å². The lowest BCUT2D eigenvalue weighted by Crippen LogP contribution is -2.38. The van der Waals surface area contributed by atoms with Gasteiger partial charge in [-0.25, -0.2) is 0 Å². The first-order valence-corrected chi connectivity index (χ1v) is 9.31. The molecule has 1 saturated heterocycles. The number of benzene rings is 1. The molecule has 144 valence electrons. The Balaban J connectivity index is 1.59. The number of allylic oxidation sites excluding steroid dienone is 2. The molecule has 1 heterocycles. The highest BCUT2D eigenvalue weighted by Gasteiger charge is 2.25. The van der Waals surface area contributed by atoms with Crippen LogP contribution in [0.15, 0.2) is 30.4 Å². The van der Waals surface area contributed by atoms with Crippen molar-refractivity contribution in [1.82, 2.24) is 5.32 Å². The van der Waals surface area contributed by atoms with Gasteiger partial charge in [0.2, 0.25) is 5.91 Å². The molecule has 1 aromatic rings. The highest BCUT2D eigenvalue weighted by atomic mass is 16.5. The fraction of sp³-hybridized carbons (Fsp3) is 0.450. The van der Waals surface area contributed by atoms with Crippen molar-refractivity contribution in [2.24, 2.45) is 5.92 Å². The van der Waals surface area contributed by atoms with E-state index in [1.165, 1.54) is 7.11 Å². The van der Waals surface area contributed by atoms with Crippen LogP contribution in [0.1, 0.15) is 32.1 Å². The molecule has 7 heteroatoms. The number of carbonyl (C=O) groups is 3. The van der Waals surface area contributed by atoms with Gasteiger partial charge >= 0.3 is 11.8 Å². The van der Waals surface area contributed by atoms with Crippen LogP contribution >= 0.6 is 0 Å². The molecule has 0 bridgehead atoms. The molecule has 3 amide bonds. The van der Waals surface area contributed by atoms with Crippen molar-refractivity contribution < 1.29 is 19.1 Å². The zero-order chi connectivity index (χ0) is 19.2. The number of rotatable bonds is 5. The summed E-state index contributed by atoms with van der Waals surface area (Å²) in [6.45, 7) is 1.15. The largest absolute Gasteiger partial charge is 0.494 e. The molecule has 0 spiro atoms. The minimum absolute atomic E-state index is 0.0574. The first kappa shape index (κ1) is 18.9. The number of nitrogens with zero attached hydrogens (tertiary/aromatic N) is 1. The van der Waals surface area contributed by atoms with Gasteiger partial charge in [-0.15, -0.1) is 0 Å². The zero-order valence-electron chi connectivity index (χ0n) is 15.5. The van der Waals surface area contributed by atoms with Gasteiger partial charge < -0.3 is 20.3 Å². The number of methoxy groups -OCH3 is 1. The van der Waals surface area contributed by atoms with Crippen LogP contribution < -0.4 is 20.3 Å². The van der Waals surface area contributed by atoms with Crippen LogP contribution in [0.25, 0.3) is 0 Å². The molecule has 1 atom stereocenters. The molecule has 0 saturated carbocycles. The summed E-state index contributed by atoms with van der Waals surface area (Å²) in [6.07, 6.45) is 8.55. The molecule has 0 aromatic heterocycles. The third kappa shape index (κ3) is 4.67. The second-order valence-corrected chi connectivity index (χ2v) is 6.85. The maximum absolute atomic E-state index is 12.1. The minimum atomic E-state index is -0.714. The molecule has 0 radical (unpaired) electrons. The predicted octanol–water partition coefficient (Wildman–Crippen LogP) is 2.23. The maximum Gasteiger partial charge on any atom is 0.313 e. The summed E-state index contributed by atoms with van der Waals surface area (Å²) in [7, 11) is 1.51. The van der Waals surface area contributed by atoms with Gasteiger partial charge in [0.15, 0.2) is 0 Å². The molecule has 27 heavy (non-hydrogen) atoms. The van der Waals surface area contributed by atoms with E-state index in [4.69, 9.17) is 4.74 Å². The smallest absolute Gasteiger partial charge is 0.313 e. The van der Waals surface area contributed by atoms with E-state index in [1.807, 2.05) is 0 Å². The zero-order valence-corrected chi connectivity index (χ0v) is 15.5. The van der Waals surface area contributed by atoms with Gasteiger partial charge in [-0.2, -0.15) is 0 Å². The Hall–Kier alpha value is -2.83. The number of amides is 3. The highest BCUT2D eigenvalue weighted by molar-refractivity contribution is 6.39. The van der Waals surface area contributed by atoms with Gasteiger partial charge in [-0.3, -0.25) is 14.4 Å². The molecule has 1 aromatic carbocycles. The fourth-order valence-electron chi connectivity index (χ4n) is 3.43. The van der Waals surface area contributed by atoms with Crippen LogP contribution in [-0.2, 0) is 14.4 Å². The van der Waals surface area contributed by atoms with Crippen molar-refractivity contribution in [2.75, 3.05) is 30.4 Å².